The predicted molar refractivity (Wildman–Crippen MR) is 123 cm³/mol. The van der Waals surface area contributed by atoms with Gasteiger partial charge >= 0.3 is 0 Å². The van der Waals surface area contributed by atoms with Gasteiger partial charge in [0.25, 0.3) is 5.91 Å². The Labute approximate surface area is 195 Å². The zero-order valence-electron chi connectivity index (χ0n) is 18.8. The molecule has 10 heteroatoms. The van der Waals surface area contributed by atoms with E-state index in [9.17, 15) is 4.79 Å². The highest BCUT2D eigenvalue weighted by Crippen LogP contribution is 2.42. The van der Waals surface area contributed by atoms with Gasteiger partial charge in [0.05, 0.1) is 17.7 Å². The molecule has 4 heterocycles. The number of nitrogens with zero attached hydrogens (tertiary/aromatic N) is 6. The van der Waals surface area contributed by atoms with E-state index in [0.29, 0.717) is 46.0 Å². The van der Waals surface area contributed by atoms with Crippen LogP contribution < -0.4 is 14.8 Å². The first-order valence-corrected chi connectivity index (χ1v) is 11.2. The van der Waals surface area contributed by atoms with Crippen molar-refractivity contribution < 1.29 is 14.3 Å². The molecule has 1 amide bonds. The van der Waals surface area contributed by atoms with Gasteiger partial charge in [-0.1, -0.05) is 6.07 Å². The number of imidazole rings is 1. The number of aromatic nitrogens is 6. The van der Waals surface area contributed by atoms with Gasteiger partial charge in [-0.15, -0.1) is 10.2 Å². The lowest BCUT2D eigenvalue weighted by Crippen LogP contribution is -2.14. The van der Waals surface area contributed by atoms with Crippen LogP contribution in [0.2, 0.25) is 0 Å². The third-order valence-electron chi connectivity index (χ3n) is 5.94. The molecular weight excluding hydrogens is 434 g/mol. The average molecular weight is 457 g/mol. The molecule has 0 unspecified atom stereocenters. The van der Waals surface area contributed by atoms with Gasteiger partial charge in [0.1, 0.15) is 17.8 Å². The van der Waals surface area contributed by atoms with Gasteiger partial charge in [-0.05, 0) is 51.0 Å². The Balaban J connectivity index is 1.30. The number of benzene rings is 1. The molecule has 172 valence electrons. The molecule has 1 aliphatic carbocycles. The minimum Gasteiger partial charge on any atom is -0.453 e. The first-order valence-electron chi connectivity index (χ1n) is 11.2. The molecule has 3 aromatic heterocycles. The molecule has 1 aliphatic heterocycles. The zero-order valence-corrected chi connectivity index (χ0v) is 18.8. The largest absolute Gasteiger partial charge is 0.453 e. The monoisotopic (exact) mass is 457 g/mol. The Morgan fingerprint density at radius 1 is 1.18 bits per heavy atom. The summed E-state index contributed by atoms with van der Waals surface area (Å²) < 4.78 is 15.1. The zero-order chi connectivity index (χ0) is 23.2. The first kappa shape index (κ1) is 20.4. The third-order valence-corrected chi connectivity index (χ3v) is 5.94. The van der Waals surface area contributed by atoms with E-state index in [2.05, 4.69) is 25.5 Å². The molecule has 1 aromatic carbocycles. The van der Waals surface area contributed by atoms with E-state index in [4.69, 9.17) is 9.47 Å². The minimum atomic E-state index is -0.308. The van der Waals surface area contributed by atoms with Crippen LogP contribution in [-0.2, 0) is 0 Å². The van der Waals surface area contributed by atoms with Crippen LogP contribution in [-0.4, -0.2) is 42.0 Å². The molecule has 0 radical (unpaired) electrons. The second-order valence-corrected chi connectivity index (χ2v) is 8.73. The van der Waals surface area contributed by atoms with Gasteiger partial charge in [-0.3, -0.25) is 4.79 Å². The fourth-order valence-corrected chi connectivity index (χ4v) is 4.00. The molecule has 0 bridgehead atoms. The number of amides is 1. The van der Waals surface area contributed by atoms with Crippen molar-refractivity contribution in [2.24, 2.45) is 0 Å². The molecule has 2 aliphatic rings. The topological polar surface area (TPSA) is 109 Å². The Kier molecular flexibility index (Phi) is 4.79. The van der Waals surface area contributed by atoms with E-state index in [1.165, 1.54) is 0 Å². The summed E-state index contributed by atoms with van der Waals surface area (Å²) in [4.78, 5) is 22.3. The van der Waals surface area contributed by atoms with E-state index < -0.39 is 0 Å². The summed E-state index contributed by atoms with van der Waals surface area (Å²) in [5, 5.41) is 11.1. The molecule has 0 atom stereocenters. The fraction of sp³-hybridized carbons (Fsp3) is 0.292. The second kappa shape index (κ2) is 7.98. The normalized spacial score (nSPS) is 14.6. The molecule has 0 saturated heterocycles. The number of fused-ring (bicyclic) bond motifs is 1. The van der Waals surface area contributed by atoms with E-state index in [1.807, 2.05) is 41.3 Å². The summed E-state index contributed by atoms with van der Waals surface area (Å²) >= 11 is 0. The van der Waals surface area contributed by atoms with Gasteiger partial charge in [0, 0.05) is 23.7 Å². The number of hydrogen-bond acceptors (Lipinski definition) is 7. The Hall–Kier alpha value is -4.21. The molecule has 1 N–H and O–H groups in total. The van der Waals surface area contributed by atoms with Gasteiger partial charge in [-0.2, -0.15) is 0 Å². The molecule has 6 rings (SSSR count). The predicted octanol–water partition coefficient (Wildman–Crippen LogP) is 3.97. The molecule has 0 spiro atoms. The third kappa shape index (κ3) is 3.66. The molecule has 10 nitrogen and oxygen atoms in total. The number of carbonyl (C=O) groups excluding carboxylic acids is 1. The van der Waals surface area contributed by atoms with Crippen molar-refractivity contribution >= 4 is 11.7 Å². The van der Waals surface area contributed by atoms with Crippen molar-refractivity contribution in [1.82, 2.24) is 29.3 Å². The maximum absolute atomic E-state index is 13.2. The SMILES string of the molecule is CC(C)n1cnnc1-c1cccc(NC(=O)c2cc3c(c(-n4cnc(C5CC5)c4)c2)OCO3)n1. The lowest BCUT2D eigenvalue weighted by molar-refractivity contribution is 0.102. The number of pyridine rings is 1. The van der Waals surface area contributed by atoms with Crippen molar-refractivity contribution in [2.45, 2.75) is 38.6 Å². The van der Waals surface area contributed by atoms with E-state index in [1.54, 1.807) is 30.9 Å². The summed E-state index contributed by atoms with van der Waals surface area (Å²) in [6, 6.07) is 9.05. The standard InChI is InChI=1S/C24H23N7O3/c1-14(2)31-12-26-29-23(31)17-4-3-5-21(27-17)28-24(32)16-8-19(22-20(9-16)33-13-34-22)30-10-18(25-11-30)15-6-7-15/h3-5,8-12,14-15H,6-7,13H2,1-2H3,(H,27,28,32). The van der Waals surface area contributed by atoms with Crippen LogP contribution in [0.4, 0.5) is 5.82 Å². The van der Waals surface area contributed by atoms with Gasteiger partial charge < -0.3 is 23.9 Å². The van der Waals surface area contributed by atoms with E-state index >= 15 is 0 Å². The van der Waals surface area contributed by atoms with Crippen LogP contribution in [0.1, 0.15) is 54.7 Å². The van der Waals surface area contributed by atoms with Crippen LogP contribution in [0.3, 0.4) is 0 Å². The summed E-state index contributed by atoms with van der Waals surface area (Å²) in [5.41, 5.74) is 2.82. The number of hydrogen-bond donors (Lipinski definition) is 1. The van der Waals surface area contributed by atoms with Gasteiger partial charge in [0.2, 0.25) is 6.79 Å². The Morgan fingerprint density at radius 2 is 2.06 bits per heavy atom. The fourth-order valence-electron chi connectivity index (χ4n) is 4.00. The minimum absolute atomic E-state index is 0.109. The van der Waals surface area contributed by atoms with Gasteiger partial charge in [0.15, 0.2) is 17.3 Å². The Morgan fingerprint density at radius 3 is 2.88 bits per heavy atom. The summed E-state index contributed by atoms with van der Waals surface area (Å²) in [5.74, 6) is 2.40. The highest BCUT2D eigenvalue weighted by molar-refractivity contribution is 6.05. The van der Waals surface area contributed by atoms with Crippen molar-refractivity contribution in [3.63, 3.8) is 0 Å². The molecule has 4 aromatic rings. The number of anilines is 1. The summed E-state index contributed by atoms with van der Waals surface area (Å²) in [6.07, 6.45) is 7.74. The van der Waals surface area contributed by atoms with Crippen LogP contribution in [0.15, 0.2) is 49.2 Å². The molecule has 1 fully saturated rings. The van der Waals surface area contributed by atoms with Crippen LogP contribution in [0, 0.1) is 0 Å². The quantitative estimate of drug-likeness (QED) is 0.467. The van der Waals surface area contributed by atoms with Crippen molar-refractivity contribution in [3.8, 4) is 28.7 Å². The lowest BCUT2D eigenvalue weighted by Gasteiger charge is -2.12. The molecule has 1 saturated carbocycles. The number of nitrogens with one attached hydrogen (secondary N) is 1. The summed E-state index contributed by atoms with van der Waals surface area (Å²) in [7, 11) is 0. The number of rotatable bonds is 6. The first-order chi connectivity index (χ1) is 16.6. The van der Waals surface area contributed by atoms with Gasteiger partial charge in [-0.25, -0.2) is 9.97 Å². The van der Waals surface area contributed by atoms with Crippen molar-refractivity contribution in [3.05, 3.63) is 60.4 Å². The summed E-state index contributed by atoms with van der Waals surface area (Å²) in [6.45, 7) is 4.20. The second-order valence-electron chi connectivity index (χ2n) is 8.73. The maximum atomic E-state index is 13.2. The highest BCUT2D eigenvalue weighted by Gasteiger charge is 2.28. The van der Waals surface area contributed by atoms with Crippen LogP contribution >= 0.6 is 0 Å². The smallest absolute Gasteiger partial charge is 0.257 e. The van der Waals surface area contributed by atoms with E-state index in [-0.39, 0.29) is 18.7 Å². The molecular formula is C24H23N7O3. The number of ether oxygens (including phenoxy) is 2. The average Bonchev–Trinajstić information content (AvgIpc) is 3.23. The van der Waals surface area contributed by atoms with Crippen LogP contribution in [0.5, 0.6) is 11.5 Å². The number of carbonyl (C=O) groups is 1. The van der Waals surface area contributed by atoms with Crippen molar-refractivity contribution in [1.29, 1.82) is 0 Å². The Bertz CT molecular complexity index is 1390. The lowest BCUT2D eigenvalue weighted by atomic mass is 10.1. The van der Waals surface area contributed by atoms with Crippen LogP contribution in [0.25, 0.3) is 17.2 Å². The molecule has 34 heavy (non-hydrogen) atoms. The van der Waals surface area contributed by atoms with E-state index in [0.717, 1.165) is 18.5 Å². The highest BCUT2D eigenvalue weighted by atomic mass is 16.7. The van der Waals surface area contributed by atoms with Crippen molar-refractivity contribution in [2.75, 3.05) is 12.1 Å². The maximum Gasteiger partial charge on any atom is 0.257 e.